The zero-order valence-corrected chi connectivity index (χ0v) is 17.1. The topological polar surface area (TPSA) is 38.3 Å². The van der Waals surface area contributed by atoms with E-state index in [1.54, 1.807) is 6.92 Å². The SMILES string of the molecule is CCCCCCCCCCOc1ccc2cccc(CCNC(C)=O)c2c1. The monoisotopic (exact) mass is 369 g/mol. The molecule has 0 fully saturated rings. The largest absolute Gasteiger partial charge is 0.494 e. The van der Waals surface area contributed by atoms with Crippen molar-refractivity contribution in [1.82, 2.24) is 5.32 Å². The van der Waals surface area contributed by atoms with Crippen LogP contribution in [0.4, 0.5) is 0 Å². The van der Waals surface area contributed by atoms with Gasteiger partial charge in [-0.05, 0) is 41.3 Å². The molecular formula is C24H35NO2. The number of nitrogens with one attached hydrogen (secondary N) is 1. The van der Waals surface area contributed by atoms with Crippen LogP contribution in [0.15, 0.2) is 36.4 Å². The summed E-state index contributed by atoms with van der Waals surface area (Å²) in [6, 6.07) is 12.7. The minimum atomic E-state index is 0.0182. The number of hydrogen-bond donors (Lipinski definition) is 1. The molecule has 3 heteroatoms. The third-order valence-corrected chi connectivity index (χ3v) is 4.98. The van der Waals surface area contributed by atoms with Gasteiger partial charge in [0.25, 0.3) is 0 Å². The van der Waals surface area contributed by atoms with Gasteiger partial charge in [0.15, 0.2) is 0 Å². The molecule has 27 heavy (non-hydrogen) atoms. The van der Waals surface area contributed by atoms with E-state index in [0.717, 1.165) is 25.2 Å². The Hall–Kier alpha value is -2.03. The first kappa shape index (κ1) is 21.3. The molecule has 148 valence electrons. The van der Waals surface area contributed by atoms with E-state index in [1.165, 1.54) is 61.3 Å². The average molecular weight is 370 g/mol. The Morgan fingerprint density at radius 1 is 0.963 bits per heavy atom. The number of carbonyl (C=O) groups excluding carboxylic acids is 1. The van der Waals surface area contributed by atoms with Gasteiger partial charge in [0, 0.05) is 13.5 Å². The number of fused-ring (bicyclic) bond motifs is 1. The molecule has 0 unspecified atom stereocenters. The molecule has 0 aliphatic carbocycles. The molecule has 0 aromatic heterocycles. The predicted octanol–water partition coefficient (Wildman–Crippen LogP) is 6.04. The molecule has 1 N–H and O–H groups in total. The average Bonchev–Trinajstić information content (AvgIpc) is 2.66. The van der Waals surface area contributed by atoms with Gasteiger partial charge in [0.2, 0.25) is 5.91 Å². The fraction of sp³-hybridized carbons (Fsp3) is 0.542. The molecule has 0 aliphatic heterocycles. The lowest BCUT2D eigenvalue weighted by Crippen LogP contribution is -2.22. The van der Waals surface area contributed by atoms with Gasteiger partial charge in [-0.2, -0.15) is 0 Å². The van der Waals surface area contributed by atoms with Gasteiger partial charge < -0.3 is 10.1 Å². The smallest absolute Gasteiger partial charge is 0.216 e. The van der Waals surface area contributed by atoms with Crippen LogP contribution in [0.3, 0.4) is 0 Å². The zero-order valence-electron chi connectivity index (χ0n) is 17.1. The van der Waals surface area contributed by atoms with E-state index in [4.69, 9.17) is 4.74 Å². The summed E-state index contributed by atoms with van der Waals surface area (Å²) in [5.41, 5.74) is 1.25. The molecule has 0 bridgehead atoms. The molecule has 0 saturated heterocycles. The van der Waals surface area contributed by atoms with Crippen LogP contribution in [0.5, 0.6) is 5.75 Å². The first-order chi connectivity index (χ1) is 13.2. The lowest BCUT2D eigenvalue weighted by Gasteiger charge is -2.11. The van der Waals surface area contributed by atoms with Crippen LogP contribution in [0, 0.1) is 0 Å². The van der Waals surface area contributed by atoms with Crippen molar-refractivity contribution in [3.05, 3.63) is 42.0 Å². The Balaban J connectivity index is 1.78. The fourth-order valence-corrected chi connectivity index (χ4v) is 3.42. The second-order valence-corrected chi connectivity index (χ2v) is 7.36. The Labute approximate surface area is 164 Å². The molecule has 0 heterocycles. The molecule has 0 spiro atoms. The number of ether oxygens (including phenoxy) is 1. The van der Waals surface area contributed by atoms with Crippen molar-refractivity contribution in [2.24, 2.45) is 0 Å². The Morgan fingerprint density at radius 3 is 2.44 bits per heavy atom. The number of amides is 1. The summed E-state index contributed by atoms with van der Waals surface area (Å²) < 4.78 is 5.99. The highest BCUT2D eigenvalue weighted by Crippen LogP contribution is 2.25. The first-order valence-corrected chi connectivity index (χ1v) is 10.6. The van der Waals surface area contributed by atoms with Crippen molar-refractivity contribution in [3.63, 3.8) is 0 Å². The molecule has 0 atom stereocenters. The van der Waals surface area contributed by atoms with Crippen molar-refractivity contribution in [3.8, 4) is 5.75 Å². The number of hydrogen-bond acceptors (Lipinski definition) is 2. The second-order valence-electron chi connectivity index (χ2n) is 7.36. The third kappa shape index (κ3) is 8.03. The van der Waals surface area contributed by atoms with Crippen LogP contribution < -0.4 is 10.1 Å². The molecule has 2 aromatic carbocycles. The van der Waals surface area contributed by atoms with Gasteiger partial charge in [0.05, 0.1) is 6.61 Å². The van der Waals surface area contributed by atoms with Crippen LogP contribution in [0.1, 0.15) is 70.8 Å². The lowest BCUT2D eigenvalue weighted by molar-refractivity contribution is -0.118. The Bertz CT molecular complexity index is 696. The maximum Gasteiger partial charge on any atom is 0.216 e. The molecule has 0 aliphatic rings. The minimum Gasteiger partial charge on any atom is -0.494 e. The van der Waals surface area contributed by atoms with E-state index >= 15 is 0 Å². The maximum atomic E-state index is 11.1. The number of benzene rings is 2. The van der Waals surface area contributed by atoms with Crippen LogP contribution in [-0.4, -0.2) is 19.1 Å². The van der Waals surface area contributed by atoms with Crippen LogP contribution in [-0.2, 0) is 11.2 Å². The summed E-state index contributed by atoms with van der Waals surface area (Å²) in [4.78, 5) is 11.1. The highest BCUT2D eigenvalue weighted by molar-refractivity contribution is 5.87. The number of unbranched alkanes of at least 4 members (excludes halogenated alkanes) is 7. The van der Waals surface area contributed by atoms with Gasteiger partial charge in [-0.3, -0.25) is 4.79 Å². The molecule has 0 radical (unpaired) electrons. The quantitative estimate of drug-likeness (QED) is 0.437. The lowest BCUT2D eigenvalue weighted by atomic mass is 10.0. The van der Waals surface area contributed by atoms with E-state index in [-0.39, 0.29) is 5.91 Å². The molecule has 2 rings (SSSR count). The van der Waals surface area contributed by atoms with Crippen LogP contribution >= 0.6 is 0 Å². The van der Waals surface area contributed by atoms with E-state index in [9.17, 15) is 4.79 Å². The van der Waals surface area contributed by atoms with Gasteiger partial charge >= 0.3 is 0 Å². The van der Waals surface area contributed by atoms with E-state index in [1.807, 2.05) is 0 Å². The first-order valence-electron chi connectivity index (χ1n) is 10.6. The summed E-state index contributed by atoms with van der Waals surface area (Å²) in [5, 5.41) is 5.31. The molecule has 3 nitrogen and oxygen atoms in total. The van der Waals surface area contributed by atoms with Crippen molar-refractivity contribution in [2.75, 3.05) is 13.2 Å². The second kappa shape index (κ2) is 12.4. The van der Waals surface area contributed by atoms with Gasteiger partial charge in [-0.15, -0.1) is 0 Å². The van der Waals surface area contributed by atoms with Gasteiger partial charge in [0.1, 0.15) is 5.75 Å². The summed E-state index contributed by atoms with van der Waals surface area (Å²) in [6.45, 7) is 5.27. The zero-order chi connectivity index (χ0) is 19.3. The van der Waals surface area contributed by atoms with Crippen molar-refractivity contribution >= 4 is 16.7 Å². The van der Waals surface area contributed by atoms with E-state index in [2.05, 4.69) is 48.6 Å². The normalized spacial score (nSPS) is 10.9. The van der Waals surface area contributed by atoms with Gasteiger partial charge in [-0.25, -0.2) is 0 Å². The van der Waals surface area contributed by atoms with Crippen LogP contribution in [0.2, 0.25) is 0 Å². The highest BCUT2D eigenvalue weighted by atomic mass is 16.5. The van der Waals surface area contributed by atoms with Gasteiger partial charge in [-0.1, -0.05) is 76.1 Å². The minimum absolute atomic E-state index is 0.0182. The summed E-state index contributed by atoms with van der Waals surface area (Å²) in [6.07, 6.45) is 11.3. The summed E-state index contributed by atoms with van der Waals surface area (Å²) in [7, 11) is 0. The predicted molar refractivity (Wildman–Crippen MR) is 114 cm³/mol. The molecule has 1 amide bonds. The Morgan fingerprint density at radius 2 is 1.70 bits per heavy atom. The number of rotatable bonds is 13. The van der Waals surface area contributed by atoms with E-state index in [0.29, 0.717) is 6.54 Å². The third-order valence-electron chi connectivity index (χ3n) is 4.98. The van der Waals surface area contributed by atoms with Crippen molar-refractivity contribution in [2.45, 2.75) is 71.6 Å². The molecule has 0 saturated carbocycles. The maximum absolute atomic E-state index is 11.1. The summed E-state index contributed by atoms with van der Waals surface area (Å²) in [5.74, 6) is 0.960. The van der Waals surface area contributed by atoms with Crippen molar-refractivity contribution < 1.29 is 9.53 Å². The molecule has 2 aromatic rings. The highest BCUT2D eigenvalue weighted by Gasteiger charge is 2.04. The number of carbonyl (C=O) groups is 1. The standard InChI is InChI=1S/C24H35NO2/c1-3-4-5-6-7-8-9-10-18-27-23-15-14-21-12-11-13-22(24(21)19-23)16-17-25-20(2)26/h11-15,19H,3-10,16-18H2,1-2H3,(H,25,26). The summed E-state index contributed by atoms with van der Waals surface area (Å²) >= 11 is 0. The van der Waals surface area contributed by atoms with E-state index < -0.39 is 0 Å². The van der Waals surface area contributed by atoms with Crippen molar-refractivity contribution in [1.29, 1.82) is 0 Å². The Kier molecular flexibility index (Phi) is 9.75. The fourth-order valence-electron chi connectivity index (χ4n) is 3.42. The van der Waals surface area contributed by atoms with Crippen LogP contribution in [0.25, 0.3) is 10.8 Å². The molecular weight excluding hydrogens is 334 g/mol.